The van der Waals surface area contributed by atoms with Gasteiger partial charge >= 0.3 is 0 Å². The number of thioether (sulfide) groups is 1. The maximum Gasteiger partial charge on any atom is 0.231 e. The van der Waals surface area contributed by atoms with Crippen LogP contribution in [0.3, 0.4) is 0 Å². The van der Waals surface area contributed by atoms with Crippen LogP contribution in [0, 0.1) is 0 Å². The summed E-state index contributed by atoms with van der Waals surface area (Å²) >= 11 is 1.17. The number of fused-ring (bicyclic) bond motifs is 1. The Bertz CT molecular complexity index is 827. The number of nitrogens with zero attached hydrogens (tertiary/aromatic N) is 2. The number of amides is 1. The van der Waals surface area contributed by atoms with E-state index in [1.165, 1.54) is 17.8 Å². The molecule has 0 aliphatic carbocycles. The van der Waals surface area contributed by atoms with E-state index in [2.05, 4.69) is 15.3 Å². The summed E-state index contributed by atoms with van der Waals surface area (Å²) in [5.74, 6) is 1.27. The third kappa shape index (κ3) is 3.77. The van der Waals surface area contributed by atoms with Crippen LogP contribution in [0.5, 0.6) is 0 Å². The summed E-state index contributed by atoms with van der Waals surface area (Å²) in [5.41, 5.74) is 12.0. The molecule has 124 valence electrons. The lowest BCUT2D eigenvalue weighted by Gasteiger charge is -2.11. The lowest BCUT2D eigenvalue weighted by atomic mass is 10.2. The molecule has 2 aromatic heterocycles. The average molecular weight is 343 g/mol. The zero-order valence-corrected chi connectivity index (χ0v) is 13.8. The van der Waals surface area contributed by atoms with E-state index in [0.29, 0.717) is 10.9 Å². The second kappa shape index (κ2) is 6.79. The van der Waals surface area contributed by atoms with Crippen LogP contribution in [0.1, 0.15) is 18.7 Å². The quantitative estimate of drug-likeness (QED) is 0.480. The summed E-state index contributed by atoms with van der Waals surface area (Å²) in [6.07, 6.45) is 0. The van der Waals surface area contributed by atoms with Crippen molar-refractivity contribution in [3.8, 4) is 0 Å². The fourth-order valence-corrected chi connectivity index (χ4v) is 2.91. The maximum absolute atomic E-state index is 12.1. The number of furan rings is 1. The van der Waals surface area contributed by atoms with E-state index in [9.17, 15) is 4.79 Å². The van der Waals surface area contributed by atoms with Gasteiger partial charge in [0.25, 0.3) is 0 Å². The number of nitrogens with one attached hydrogen (secondary N) is 1. The minimum Gasteiger partial charge on any atom is -0.459 e. The van der Waals surface area contributed by atoms with Crippen LogP contribution < -0.4 is 16.8 Å². The van der Waals surface area contributed by atoms with Gasteiger partial charge in [-0.25, -0.2) is 9.97 Å². The van der Waals surface area contributed by atoms with Crippen molar-refractivity contribution in [2.45, 2.75) is 18.1 Å². The highest BCUT2D eigenvalue weighted by Crippen LogP contribution is 2.24. The monoisotopic (exact) mass is 343 g/mol. The van der Waals surface area contributed by atoms with Gasteiger partial charge < -0.3 is 21.2 Å². The summed E-state index contributed by atoms with van der Waals surface area (Å²) in [5, 5.41) is 4.27. The number of nitrogen functional groups attached to an aromatic ring is 2. The normalized spacial score (nSPS) is 12.2. The molecule has 0 fully saturated rings. The average Bonchev–Trinajstić information content (AvgIpc) is 2.96. The number of carbonyl (C=O) groups excluding carboxylic acids is 1. The number of benzene rings is 1. The first kappa shape index (κ1) is 16.1. The number of anilines is 2. The second-order valence-corrected chi connectivity index (χ2v) is 6.21. The topological polar surface area (TPSA) is 120 Å². The second-order valence-electron chi connectivity index (χ2n) is 5.26. The van der Waals surface area contributed by atoms with Crippen molar-refractivity contribution in [1.29, 1.82) is 0 Å². The number of aromatic nitrogens is 2. The van der Waals surface area contributed by atoms with Gasteiger partial charge in [0.15, 0.2) is 5.16 Å². The lowest BCUT2D eigenvalue weighted by molar-refractivity contribution is -0.119. The first-order valence-electron chi connectivity index (χ1n) is 7.32. The minimum atomic E-state index is -0.239. The van der Waals surface area contributed by atoms with Gasteiger partial charge in [0.05, 0.1) is 11.8 Å². The molecule has 0 radical (unpaired) electrons. The van der Waals surface area contributed by atoms with Crippen LogP contribution in [-0.2, 0) is 4.79 Å². The van der Waals surface area contributed by atoms with Gasteiger partial charge in [-0.1, -0.05) is 30.0 Å². The number of nitrogens with two attached hydrogens (primary N) is 2. The maximum atomic E-state index is 12.1. The number of rotatable bonds is 5. The van der Waals surface area contributed by atoms with Gasteiger partial charge in [-0.2, -0.15) is 0 Å². The molecule has 0 saturated carbocycles. The molecule has 7 nitrogen and oxygen atoms in total. The van der Waals surface area contributed by atoms with Crippen molar-refractivity contribution >= 4 is 40.3 Å². The third-order valence-electron chi connectivity index (χ3n) is 3.33. The Balaban J connectivity index is 1.59. The molecule has 1 amide bonds. The zero-order chi connectivity index (χ0) is 17.1. The molecule has 5 N–H and O–H groups in total. The smallest absolute Gasteiger partial charge is 0.231 e. The molecule has 8 heteroatoms. The summed E-state index contributed by atoms with van der Waals surface area (Å²) in [4.78, 5) is 20.1. The molecule has 0 aliphatic rings. The van der Waals surface area contributed by atoms with Crippen molar-refractivity contribution in [2.24, 2.45) is 0 Å². The van der Waals surface area contributed by atoms with Crippen molar-refractivity contribution in [2.75, 3.05) is 17.2 Å². The van der Waals surface area contributed by atoms with Crippen molar-refractivity contribution < 1.29 is 9.21 Å². The third-order valence-corrected chi connectivity index (χ3v) is 4.17. The molecule has 3 aromatic rings. The molecular weight excluding hydrogens is 326 g/mol. The van der Waals surface area contributed by atoms with Crippen LogP contribution in [0.15, 0.2) is 46.0 Å². The summed E-state index contributed by atoms with van der Waals surface area (Å²) < 4.78 is 5.75. The molecule has 1 unspecified atom stereocenters. The van der Waals surface area contributed by atoms with E-state index in [1.807, 2.05) is 37.3 Å². The highest BCUT2D eigenvalue weighted by molar-refractivity contribution is 7.99. The van der Waals surface area contributed by atoms with E-state index < -0.39 is 0 Å². The Morgan fingerprint density at radius 3 is 2.67 bits per heavy atom. The summed E-state index contributed by atoms with van der Waals surface area (Å²) in [7, 11) is 0. The Hall–Kier alpha value is -2.74. The van der Waals surface area contributed by atoms with Gasteiger partial charge in [-0.3, -0.25) is 4.79 Å². The number of hydrogen-bond acceptors (Lipinski definition) is 7. The van der Waals surface area contributed by atoms with Crippen molar-refractivity contribution in [3.63, 3.8) is 0 Å². The van der Waals surface area contributed by atoms with Gasteiger partial charge in [0.2, 0.25) is 5.91 Å². The number of hydrogen-bond donors (Lipinski definition) is 3. The lowest BCUT2D eigenvalue weighted by Crippen LogP contribution is -2.28. The Kier molecular flexibility index (Phi) is 4.57. The predicted molar refractivity (Wildman–Crippen MR) is 94.4 cm³/mol. The first-order valence-corrected chi connectivity index (χ1v) is 8.30. The van der Waals surface area contributed by atoms with E-state index >= 15 is 0 Å². The molecule has 24 heavy (non-hydrogen) atoms. The van der Waals surface area contributed by atoms with E-state index in [1.54, 1.807) is 0 Å². The molecule has 0 bridgehead atoms. The Labute approximate surface area is 142 Å². The first-order chi connectivity index (χ1) is 11.5. The molecule has 3 rings (SSSR count). The molecule has 1 aromatic carbocycles. The minimum absolute atomic E-state index is 0.155. The van der Waals surface area contributed by atoms with Crippen molar-refractivity contribution in [3.05, 3.63) is 42.2 Å². The van der Waals surface area contributed by atoms with Gasteiger partial charge in [0.1, 0.15) is 23.0 Å². The van der Waals surface area contributed by atoms with Gasteiger partial charge in [0, 0.05) is 11.5 Å². The molecule has 0 saturated heterocycles. The number of carbonyl (C=O) groups is 1. The van der Waals surface area contributed by atoms with Crippen LogP contribution >= 0.6 is 11.8 Å². The standard InChI is InChI=1S/C16H17N5O2S/c1-9(12-6-10-4-2-3-5-11(10)23-12)19-15(22)8-24-16-20-13(17)7-14(18)21-16/h2-7,9H,8H2,1H3,(H,19,22)(H4,17,18,20,21). The van der Waals surface area contributed by atoms with Gasteiger partial charge in [-0.05, 0) is 19.1 Å². The predicted octanol–water partition coefficient (Wildman–Crippen LogP) is 2.36. The van der Waals surface area contributed by atoms with Crippen LogP contribution in [0.4, 0.5) is 11.6 Å². The molecular formula is C16H17N5O2S. The highest BCUT2D eigenvalue weighted by Gasteiger charge is 2.15. The Morgan fingerprint density at radius 2 is 1.96 bits per heavy atom. The van der Waals surface area contributed by atoms with Gasteiger partial charge in [-0.15, -0.1) is 0 Å². The molecule has 2 heterocycles. The largest absolute Gasteiger partial charge is 0.459 e. The molecule has 1 atom stereocenters. The van der Waals surface area contributed by atoms with Crippen LogP contribution in [-0.4, -0.2) is 21.6 Å². The van der Waals surface area contributed by atoms with E-state index in [4.69, 9.17) is 15.9 Å². The fraction of sp³-hybridized carbons (Fsp3) is 0.188. The summed E-state index contributed by atoms with van der Waals surface area (Å²) in [6.45, 7) is 1.87. The molecule has 0 spiro atoms. The van der Waals surface area contributed by atoms with Crippen LogP contribution in [0.25, 0.3) is 11.0 Å². The zero-order valence-electron chi connectivity index (χ0n) is 13.0. The number of para-hydroxylation sites is 1. The fourth-order valence-electron chi connectivity index (χ4n) is 2.23. The highest BCUT2D eigenvalue weighted by atomic mass is 32.2. The van der Waals surface area contributed by atoms with Crippen molar-refractivity contribution in [1.82, 2.24) is 15.3 Å². The molecule has 0 aliphatic heterocycles. The van der Waals surface area contributed by atoms with Crippen LogP contribution in [0.2, 0.25) is 0 Å². The van der Waals surface area contributed by atoms with E-state index in [-0.39, 0.29) is 29.3 Å². The summed E-state index contributed by atoms with van der Waals surface area (Å²) in [6, 6.07) is 10.9. The Morgan fingerprint density at radius 1 is 1.25 bits per heavy atom. The van der Waals surface area contributed by atoms with E-state index in [0.717, 1.165) is 11.0 Å². The SMILES string of the molecule is CC(NC(=O)CSc1nc(N)cc(N)n1)c1cc2ccccc2o1.